The van der Waals surface area contributed by atoms with Crippen LogP contribution in [-0.4, -0.2) is 16.4 Å². The summed E-state index contributed by atoms with van der Waals surface area (Å²) >= 11 is 3.43. The third-order valence-corrected chi connectivity index (χ3v) is 4.58. The zero-order valence-electron chi connectivity index (χ0n) is 13.2. The van der Waals surface area contributed by atoms with Crippen molar-refractivity contribution in [3.63, 3.8) is 0 Å². The SMILES string of the molecule is CCC(C)(CC)c1ccc(NN=Cc2cccc(Br)c2)nn1. The zero-order chi connectivity index (χ0) is 16.0. The van der Waals surface area contributed by atoms with Gasteiger partial charge in [0.25, 0.3) is 0 Å². The standard InChI is InChI=1S/C17H21BrN4/c1-4-17(3,5-2)15-9-10-16(22-20-15)21-19-12-13-7-6-8-14(18)11-13/h6-12H,4-5H2,1-3H3,(H,21,22). The Kier molecular flexibility index (Phi) is 5.66. The molecule has 0 saturated heterocycles. The third-order valence-electron chi connectivity index (χ3n) is 4.08. The van der Waals surface area contributed by atoms with Crippen molar-refractivity contribution in [1.82, 2.24) is 10.2 Å². The maximum atomic E-state index is 4.34. The Morgan fingerprint density at radius 2 is 1.95 bits per heavy atom. The van der Waals surface area contributed by atoms with Gasteiger partial charge in [-0.05, 0) is 42.7 Å². The second kappa shape index (κ2) is 7.49. The first-order valence-corrected chi connectivity index (χ1v) is 8.25. The molecule has 0 saturated carbocycles. The maximum absolute atomic E-state index is 4.34. The van der Waals surface area contributed by atoms with Crippen LogP contribution in [0.3, 0.4) is 0 Å². The predicted molar refractivity (Wildman–Crippen MR) is 95.3 cm³/mol. The third kappa shape index (κ3) is 4.13. The van der Waals surface area contributed by atoms with Crippen molar-refractivity contribution in [3.8, 4) is 0 Å². The van der Waals surface area contributed by atoms with Crippen molar-refractivity contribution in [1.29, 1.82) is 0 Å². The van der Waals surface area contributed by atoms with Gasteiger partial charge < -0.3 is 0 Å². The van der Waals surface area contributed by atoms with Gasteiger partial charge in [-0.2, -0.15) is 10.2 Å². The molecule has 0 spiro atoms. The molecular weight excluding hydrogens is 340 g/mol. The van der Waals surface area contributed by atoms with Gasteiger partial charge in [0.15, 0.2) is 5.82 Å². The first kappa shape index (κ1) is 16.6. The summed E-state index contributed by atoms with van der Waals surface area (Å²) < 4.78 is 1.03. The van der Waals surface area contributed by atoms with E-state index in [1.165, 1.54) is 0 Å². The molecule has 0 unspecified atom stereocenters. The Morgan fingerprint density at radius 3 is 2.55 bits per heavy atom. The second-order valence-electron chi connectivity index (χ2n) is 5.50. The molecule has 1 aromatic heterocycles. The largest absolute Gasteiger partial charge is 0.260 e. The molecule has 0 amide bonds. The van der Waals surface area contributed by atoms with E-state index in [4.69, 9.17) is 0 Å². The Labute approximate surface area is 140 Å². The van der Waals surface area contributed by atoms with Gasteiger partial charge in [-0.15, -0.1) is 5.10 Å². The Morgan fingerprint density at radius 1 is 1.18 bits per heavy atom. The minimum Gasteiger partial charge on any atom is -0.260 e. The zero-order valence-corrected chi connectivity index (χ0v) is 14.8. The smallest absolute Gasteiger partial charge is 0.168 e. The summed E-state index contributed by atoms with van der Waals surface area (Å²) in [6.07, 6.45) is 3.85. The molecule has 0 fully saturated rings. The van der Waals surface area contributed by atoms with Crippen LogP contribution in [-0.2, 0) is 5.41 Å². The van der Waals surface area contributed by atoms with Crippen molar-refractivity contribution >= 4 is 28.0 Å². The van der Waals surface area contributed by atoms with Gasteiger partial charge in [0.05, 0.1) is 11.9 Å². The molecule has 4 nitrogen and oxygen atoms in total. The van der Waals surface area contributed by atoms with E-state index in [9.17, 15) is 0 Å². The van der Waals surface area contributed by atoms with Crippen LogP contribution in [0.5, 0.6) is 0 Å². The molecule has 1 aromatic carbocycles. The van der Waals surface area contributed by atoms with Gasteiger partial charge in [0.1, 0.15) is 0 Å². The van der Waals surface area contributed by atoms with Gasteiger partial charge in [0.2, 0.25) is 0 Å². The van der Waals surface area contributed by atoms with Crippen molar-refractivity contribution in [3.05, 3.63) is 52.1 Å². The van der Waals surface area contributed by atoms with Crippen molar-refractivity contribution in [2.75, 3.05) is 5.43 Å². The number of benzene rings is 1. The normalized spacial score (nSPS) is 11.8. The molecule has 0 aliphatic carbocycles. The van der Waals surface area contributed by atoms with Crippen molar-refractivity contribution in [2.45, 2.75) is 39.0 Å². The molecule has 0 aliphatic rings. The molecule has 2 aromatic rings. The topological polar surface area (TPSA) is 50.2 Å². The molecule has 2 rings (SSSR count). The average Bonchev–Trinajstić information content (AvgIpc) is 2.55. The van der Waals surface area contributed by atoms with Crippen molar-refractivity contribution < 1.29 is 0 Å². The summed E-state index contributed by atoms with van der Waals surface area (Å²) in [5.41, 5.74) is 5.03. The molecule has 0 atom stereocenters. The van der Waals surface area contributed by atoms with Crippen LogP contribution in [0.25, 0.3) is 0 Å². The van der Waals surface area contributed by atoms with E-state index in [1.807, 2.05) is 36.4 Å². The minimum absolute atomic E-state index is 0.0884. The van der Waals surface area contributed by atoms with Gasteiger partial charge >= 0.3 is 0 Å². The lowest BCUT2D eigenvalue weighted by atomic mass is 9.81. The Bertz CT molecular complexity index is 633. The van der Waals surface area contributed by atoms with Gasteiger partial charge in [-0.1, -0.05) is 48.8 Å². The molecule has 116 valence electrons. The van der Waals surface area contributed by atoms with Crippen molar-refractivity contribution in [2.24, 2.45) is 5.10 Å². The Hall–Kier alpha value is -1.75. The van der Waals surface area contributed by atoms with Crippen LogP contribution < -0.4 is 5.43 Å². The Balaban J connectivity index is 2.03. The highest BCUT2D eigenvalue weighted by Crippen LogP contribution is 2.29. The van der Waals surface area contributed by atoms with Crippen LogP contribution in [0.15, 0.2) is 46.0 Å². The number of rotatable bonds is 6. The van der Waals surface area contributed by atoms with E-state index in [1.54, 1.807) is 6.21 Å². The number of hydrogen-bond acceptors (Lipinski definition) is 4. The van der Waals surface area contributed by atoms with Crippen LogP contribution in [0, 0.1) is 0 Å². The first-order chi connectivity index (χ1) is 10.6. The molecule has 5 heteroatoms. The summed E-state index contributed by atoms with van der Waals surface area (Å²) in [7, 11) is 0. The molecule has 1 heterocycles. The number of nitrogens with zero attached hydrogens (tertiary/aromatic N) is 3. The van der Waals surface area contributed by atoms with E-state index >= 15 is 0 Å². The molecule has 1 N–H and O–H groups in total. The van der Waals surface area contributed by atoms with E-state index in [2.05, 4.69) is 57.4 Å². The minimum atomic E-state index is 0.0884. The van der Waals surface area contributed by atoms with E-state index in [-0.39, 0.29) is 5.41 Å². The fraction of sp³-hybridized carbons (Fsp3) is 0.353. The quantitative estimate of drug-likeness (QED) is 0.596. The summed E-state index contributed by atoms with van der Waals surface area (Å²) in [4.78, 5) is 0. The van der Waals surface area contributed by atoms with Crippen LogP contribution in [0.1, 0.15) is 44.9 Å². The summed E-state index contributed by atoms with van der Waals surface area (Å²) in [5.74, 6) is 0.643. The number of anilines is 1. The van der Waals surface area contributed by atoms with Gasteiger partial charge in [-0.25, -0.2) is 0 Å². The van der Waals surface area contributed by atoms with E-state index < -0.39 is 0 Å². The summed E-state index contributed by atoms with van der Waals surface area (Å²) in [6.45, 7) is 6.58. The molecule has 22 heavy (non-hydrogen) atoms. The van der Waals surface area contributed by atoms with Crippen LogP contribution in [0.4, 0.5) is 5.82 Å². The molecule has 0 bridgehead atoms. The van der Waals surface area contributed by atoms with E-state index in [0.29, 0.717) is 5.82 Å². The second-order valence-corrected chi connectivity index (χ2v) is 6.41. The van der Waals surface area contributed by atoms with Gasteiger partial charge in [0, 0.05) is 9.89 Å². The lowest BCUT2D eigenvalue weighted by Crippen LogP contribution is -2.21. The number of aromatic nitrogens is 2. The molecule has 0 aliphatic heterocycles. The highest BCUT2D eigenvalue weighted by Gasteiger charge is 2.24. The monoisotopic (exact) mass is 360 g/mol. The van der Waals surface area contributed by atoms with Gasteiger partial charge in [-0.3, -0.25) is 5.43 Å². The highest BCUT2D eigenvalue weighted by atomic mass is 79.9. The van der Waals surface area contributed by atoms with Crippen LogP contribution in [0.2, 0.25) is 0 Å². The number of nitrogens with one attached hydrogen (secondary N) is 1. The fourth-order valence-electron chi connectivity index (χ4n) is 2.09. The fourth-order valence-corrected chi connectivity index (χ4v) is 2.50. The summed E-state index contributed by atoms with van der Waals surface area (Å²) in [6, 6.07) is 11.9. The summed E-state index contributed by atoms with van der Waals surface area (Å²) in [5, 5.41) is 12.7. The molecule has 0 radical (unpaired) electrons. The van der Waals surface area contributed by atoms with Crippen LogP contribution >= 0.6 is 15.9 Å². The maximum Gasteiger partial charge on any atom is 0.168 e. The number of hydrazone groups is 1. The number of halogens is 1. The highest BCUT2D eigenvalue weighted by molar-refractivity contribution is 9.10. The predicted octanol–water partition coefficient (Wildman–Crippen LogP) is 4.76. The van der Waals surface area contributed by atoms with E-state index in [0.717, 1.165) is 28.6 Å². The number of hydrogen-bond donors (Lipinski definition) is 1. The molecular formula is C17H21BrN4. The average molecular weight is 361 g/mol. The first-order valence-electron chi connectivity index (χ1n) is 7.46. The lowest BCUT2D eigenvalue weighted by molar-refractivity contribution is 0.421. The lowest BCUT2D eigenvalue weighted by Gasteiger charge is -2.25.